The molecule has 2 heterocycles. The van der Waals surface area contributed by atoms with Gasteiger partial charge in [-0.1, -0.05) is 18.2 Å². The maximum atomic E-state index is 11.3. The molecule has 22 heavy (non-hydrogen) atoms. The van der Waals surface area contributed by atoms with E-state index in [1.807, 2.05) is 12.1 Å². The molecule has 1 aromatic carbocycles. The lowest BCUT2D eigenvalue weighted by Crippen LogP contribution is -2.40. The van der Waals surface area contributed by atoms with Crippen molar-refractivity contribution in [3.8, 4) is 0 Å². The number of para-hydroxylation sites is 1. The summed E-state index contributed by atoms with van der Waals surface area (Å²) in [5.41, 5.74) is 1.81. The number of carbonyl (C=O) groups is 1. The molecule has 7 heteroatoms. The third-order valence-electron chi connectivity index (χ3n) is 4.00. The van der Waals surface area contributed by atoms with E-state index in [4.69, 9.17) is 9.47 Å². The molecule has 1 aliphatic rings. The highest BCUT2D eigenvalue weighted by Gasteiger charge is 2.26. The Balaban J connectivity index is 2.03. The van der Waals surface area contributed by atoms with Gasteiger partial charge in [0.2, 0.25) is 0 Å². The first-order valence-electron chi connectivity index (χ1n) is 7.23. The standard InChI is InChI=1S/C15H19N3O4/c1-21-9-12(18-5-7-22-8-6-18)10-3-2-4-11-13(10)16-17-14(11)15(19)20/h2-4,12H,5-9H2,1H3,(H,16,17)(H,19,20). The quantitative estimate of drug-likeness (QED) is 0.865. The van der Waals surface area contributed by atoms with Crippen molar-refractivity contribution in [3.05, 3.63) is 29.5 Å². The Morgan fingerprint density at radius 1 is 1.50 bits per heavy atom. The predicted molar refractivity (Wildman–Crippen MR) is 80.1 cm³/mol. The normalized spacial score (nSPS) is 17.7. The Bertz CT molecular complexity index is 664. The summed E-state index contributed by atoms with van der Waals surface area (Å²) in [6.07, 6.45) is 0. The molecule has 118 valence electrons. The molecule has 0 spiro atoms. The number of morpholine rings is 1. The molecule has 0 bridgehead atoms. The third kappa shape index (κ3) is 2.70. The van der Waals surface area contributed by atoms with Crippen LogP contribution in [0.3, 0.4) is 0 Å². The number of aromatic amines is 1. The molecule has 1 unspecified atom stereocenters. The van der Waals surface area contributed by atoms with E-state index in [-0.39, 0.29) is 11.7 Å². The number of fused-ring (bicyclic) bond motifs is 1. The van der Waals surface area contributed by atoms with Crippen molar-refractivity contribution in [3.63, 3.8) is 0 Å². The second-order valence-electron chi connectivity index (χ2n) is 5.27. The van der Waals surface area contributed by atoms with E-state index in [2.05, 4.69) is 15.1 Å². The van der Waals surface area contributed by atoms with Crippen LogP contribution in [0, 0.1) is 0 Å². The molecule has 1 atom stereocenters. The van der Waals surface area contributed by atoms with E-state index in [0.29, 0.717) is 25.2 Å². The summed E-state index contributed by atoms with van der Waals surface area (Å²) >= 11 is 0. The fourth-order valence-corrected chi connectivity index (χ4v) is 2.94. The zero-order valence-corrected chi connectivity index (χ0v) is 12.4. The number of benzene rings is 1. The molecule has 3 rings (SSSR count). The number of H-pyrrole nitrogens is 1. The number of carboxylic acid groups (broad SMARTS) is 1. The van der Waals surface area contributed by atoms with E-state index in [1.54, 1.807) is 13.2 Å². The number of aromatic nitrogens is 2. The molecular formula is C15H19N3O4. The van der Waals surface area contributed by atoms with Crippen molar-refractivity contribution in [2.45, 2.75) is 6.04 Å². The molecule has 1 aliphatic heterocycles. The number of nitrogens with one attached hydrogen (secondary N) is 1. The van der Waals surface area contributed by atoms with Crippen LogP contribution in [-0.4, -0.2) is 66.2 Å². The molecule has 0 aliphatic carbocycles. The lowest BCUT2D eigenvalue weighted by Gasteiger charge is -2.34. The molecule has 2 N–H and O–H groups in total. The van der Waals surface area contributed by atoms with Crippen molar-refractivity contribution in [1.82, 2.24) is 15.1 Å². The van der Waals surface area contributed by atoms with Crippen LogP contribution in [0.15, 0.2) is 18.2 Å². The van der Waals surface area contributed by atoms with Gasteiger partial charge in [0.15, 0.2) is 5.69 Å². The molecule has 0 radical (unpaired) electrons. The van der Waals surface area contributed by atoms with Crippen LogP contribution in [0.4, 0.5) is 0 Å². The van der Waals surface area contributed by atoms with Crippen LogP contribution in [0.5, 0.6) is 0 Å². The maximum Gasteiger partial charge on any atom is 0.357 e. The van der Waals surface area contributed by atoms with Crippen LogP contribution >= 0.6 is 0 Å². The smallest absolute Gasteiger partial charge is 0.357 e. The number of nitrogens with zero attached hydrogens (tertiary/aromatic N) is 2. The van der Waals surface area contributed by atoms with E-state index < -0.39 is 5.97 Å². The van der Waals surface area contributed by atoms with E-state index in [0.717, 1.165) is 24.2 Å². The second kappa shape index (κ2) is 6.43. The van der Waals surface area contributed by atoms with Gasteiger partial charge in [0, 0.05) is 25.6 Å². The summed E-state index contributed by atoms with van der Waals surface area (Å²) in [4.78, 5) is 13.5. The molecule has 1 aromatic heterocycles. The van der Waals surface area contributed by atoms with Gasteiger partial charge in [-0.15, -0.1) is 0 Å². The lowest BCUT2D eigenvalue weighted by atomic mass is 10.0. The number of methoxy groups -OCH3 is 1. The van der Waals surface area contributed by atoms with Gasteiger partial charge < -0.3 is 14.6 Å². The average Bonchev–Trinajstić information content (AvgIpc) is 2.98. The molecule has 0 saturated carbocycles. The van der Waals surface area contributed by atoms with Gasteiger partial charge in [0.25, 0.3) is 0 Å². The zero-order chi connectivity index (χ0) is 15.5. The molecule has 7 nitrogen and oxygen atoms in total. The van der Waals surface area contributed by atoms with Gasteiger partial charge in [-0.25, -0.2) is 4.79 Å². The summed E-state index contributed by atoms with van der Waals surface area (Å²) in [6.45, 7) is 3.56. The fourth-order valence-electron chi connectivity index (χ4n) is 2.94. The topological polar surface area (TPSA) is 87.7 Å². The first kappa shape index (κ1) is 15.0. The van der Waals surface area contributed by atoms with Gasteiger partial charge in [-0.2, -0.15) is 5.10 Å². The summed E-state index contributed by atoms with van der Waals surface area (Å²) in [7, 11) is 1.67. The average molecular weight is 305 g/mol. The summed E-state index contributed by atoms with van der Waals surface area (Å²) in [5.74, 6) is -1.03. The summed E-state index contributed by atoms with van der Waals surface area (Å²) < 4.78 is 10.8. The van der Waals surface area contributed by atoms with Crippen LogP contribution in [-0.2, 0) is 9.47 Å². The Kier molecular flexibility index (Phi) is 4.37. The number of ether oxygens (including phenoxy) is 2. The largest absolute Gasteiger partial charge is 0.476 e. The first-order valence-corrected chi connectivity index (χ1v) is 7.23. The monoisotopic (exact) mass is 305 g/mol. The highest BCUT2D eigenvalue weighted by atomic mass is 16.5. The van der Waals surface area contributed by atoms with Gasteiger partial charge in [0.1, 0.15) is 0 Å². The van der Waals surface area contributed by atoms with Crippen molar-refractivity contribution in [1.29, 1.82) is 0 Å². The number of hydrogen-bond donors (Lipinski definition) is 2. The van der Waals surface area contributed by atoms with Crippen LogP contribution in [0.1, 0.15) is 22.1 Å². The van der Waals surface area contributed by atoms with Gasteiger partial charge in [0.05, 0.1) is 31.4 Å². The molecule has 0 amide bonds. The Morgan fingerprint density at radius 2 is 2.27 bits per heavy atom. The summed E-state index contributed by atoms with van der Waals surface area (Å²) in [5, 5.41) is 16.6. The molecule has 1 saturated heterocycles. The minimum atomic E-state index is -1.03. The van der Waals surface area contributed by atoms with Gasteiger partial charge in [-0.3, -0.25) is 10.00 Å². The number of aromatic carboxylic acids is 1. The second-order valence-corrected chi connectivity index (χ2v) is 5.27. The first-order chi connectivity index (χ1) is 10.7. The number of carboxylic acids is 1. The Hall–Kier alpha value is -1.96. The SMILES string of the molecule is COCC(c1cccc2c(C(=O)O)n[nH]c12)N1CCOCC1. The fraction of sp³-hybridized carbons (Fsp3) is 0.467. The van der Waals surface area contributed by atoms with E-state index in [9.17, 15) is 9.90 Å². The van der Waals surface area contributed by atoms with Crippen molar-refractivity contribution >= 4 is 16.9 Å². The van der Waals surface area contributed by atoms with Crippen molar-refractivity contribution < 1.29 is 19.4 Å². The zero-order valence-electron chi connectivity index (χ0n) is 12.4. The lowest BCUT2D eigenvalue weighted by molar-refractivity contribution is -0.00353. The van der Waals surface area contributed by atoms with Gasteiger partial charge in [-0.05, 0) is 5.56 Å². The highest BCUT2D eigenvalue weighted by Crippen LogP contribution is 2.29. The van der Waals surface area contributed by atoms with Crippen LogP contribution in [0.25, 0.3) is 10.9 Å². The Morgan fingerprint density at radius 3 is 2.95 bits per heavy atom. The highest BCUT2D eigenvalue weighted by molar-refractivity contribution is 6.01. The van der Waals surface area contributed by atoms with E-state index in [1.165, 1.54) is 0 Å². The predicted octanol–water partition coefficient (Wildman–Crippen LogP) is 1.28. The molecule has 1 fully saturated rings. The number of hydrogen-bond acceptors (Lipinski definition) is 5. The van der Waals surface area contributed by atoms with Crippen molar-refractivity contribution in [2.24, 2.45) is 0 Å². The minimum Gasteiger partial charge on any atom is -0.476 e. The van der Waals surface area contributed by atoms with Crippen LogP contribution < -0.4 is 0 Å². The maximum absolute atomic E-state index is 11.3. The van der Waals surface area contributed by atoms with E-state index >= 15 is 0 Å². The minimum absolute atomic E-state index is 0.0414. The van der Waals surface area contributed by atoms with Crippen molar-refractivity contribution in [2.75, 3.05) is 40.0 Å². The number of rotatable bonds is 5. The third-order valence-corrected chi connectivity index (χ3v) is 4.00. The summed E-state index contributed by atoms with van der Waals surface area (Å²) in [6, 6.07) is 5.67. The molecule has 2 aromatic rings. The van der Waals surface area contributed by atoms with Crippen LogP contribution in [0.2, 0.25) is 0 Å². The Labute approximate surface area is 127 Å². The molecular weight excluding hydrogens is 286 g/mol. The van der Waals surface area contributed by atoms with Gasteiger partial charge >= 0.3 is 5.97 Å².